The topological polar surface area (TPSA) is 41.5 Å². The number of amides is 1. The van der Waals surface area contributed by atoms with Gasteiger partial charge in [-0.3, -0.25) is 4.79 Å². The summed E-state index contributed by atoms with van der Waals surface area (Å²) in [4.78, 5) is 16.8. The SMILES string of the molecule is Cc1ccc(C[C@@H]2SC(=Nc3ccc(C)c(C)c3)NC2=O)cc1C. The molecule has 1 fully saturated rings. The molecule has 124 valence electrons. The minimum Gasteiger partial charge on any atom is -0.304 e. The number of benzene rings is 2. The molecular formula is C20H22N2OS. The molecule has 0 radical (unpaired) electrons. The summed E-state index contributed by atoms with van der Waals surface area (Å²) < 4.78 is 0. The number of rotatable bonds is 3. The molecule has 0 aromatic heterocycles. The summed E-state index contributed by atoms with van der Waals surface area (Å²) in [6, 6.07) is 12.5. The van der Waals surface area contributed by atoms with Crippen molar-refractivity contribution < 1.29 is 4.79 Å². The third-order valence-corrected chi connectivity index (χ3v) is 5.57. The molecule has 0 unspecified atom stereocenters. The maximum Gasteiger partial charge on any atom is 0.239 e. The van der Waals surface area contributed by atoms with E-state index in [0.717, 1.165) is 12.1 Å². The van der Waals surface area contributed by atoms with E-state index < -0.39 is 0 Å². The van der Waals surface area contributed by atoms with Crippen molar-refractivity contribution in [3.8, 4) is 0 Å². The van der Waals surface area contributed by atoms with E-state index in [1.54, 1.807) is 0 Å². The van der Waals surface area contributed by atoms with Crippen LogP contribution in [0, 0.1) is 27.7 Å². The van der Waals surface area contributed by atoms with E-state index in [-0.39, 0.29) is 11.2 Å². The van der Waals surface area contributed by atoms with Crippen molar-refractivity contribution in [1.29, 1.82) is 0 Å². The molecule has 1 saturated heterocycles. The van der Waals surface area contributed by atoms with Crippen molar-refractivity contribution in [2.24, 2.45) is 4.99 Å². The van der Waals surface area contributed by atoms with Gasteiger partial charge in [-0.1, -0.05) is 36.0 Å². The summed E-state index contributed by atoms with van der Waals surface area (Å²) in [5.74, 6) is 0.0424. The highest BCUT2D eigenvalue weighted by Crippen LogP contribution is 2.27. The normalized spacial score (nSPS) is 18.9. The number of nitrogens with one attached hydrogen (secondary N) is 1. The highest BCUT2D eigenvalue weighted by atomic mass is 32.2. The second-order valence-electron chi connectivity index (χ2n) is 6.40. The third kappa shape index (κ3) is 3.70. The second kappa shape index (κ2) is 6.81. The molecule has 4 heteroatoms. The Bertz CT molecular complexity index is 826. The van der Waals surface area contributed by atoms with E-state index in [1.165, 1.54) is 39.6 Å². The molecular weight excluding hydrogens is 316 g/mol. The van der Waals surface area contributed by atoms with Gasteiger partial charge in [-0.25, -0.2) is 4.99 Å². The monoisotopic (exact) mass is 338 g/mol. The van der Waals surface area contributed by atoms with E-state index in [0.29, 0.717) is 5.17 Å². The average molecular weight is 338 g/mol. The van der Waals surface area contributed by atoms with Crippen molar-refractivity contribution in [3.05, 3.63) is 64.2 Å². The Morgan fingerprint density at radius 2 is 1.62 bits per heavy atom. The fourth-order valence-corrected chi connectivity index (χ4v) is 3.68. The first-order valence-electron chi connectivity index (χ1n) is 8.12. The molecule has 1 aliphatic heterocycles. The molecule has 1 atom stereocenters. The van der Waals surface area contributed by atoms with E-state index in [1.807, 2.05) is 12.1 Å². The zero-order valence-corrected chi connectivity index (χ0v) is 15.3. The zero-order valence-electron chi connectivity index (χ0n) is 14.5. The van der Waals surface area contributed by atoms with Crippen LogP contribution in [0.25, 0.3) is 0 Å². The third-order valence-electron chi connectivity index (χ3n) is 4.49. The van der Waals surface area contributed by atoms with E-state index >= 15 is 0 Å². The molecule has 1 aliphatic rings. The van der Waals surface area contributed by atoms with Gasteiger partial charge in [-0.05, 0) is 74.1 Å². The van der Waals surface area contributed by atoms with Crippen LogP contribution in [0.15, 0.2) is 41.4 Å². The highest BCUT2D eigenvalue weighted by Gasteiger charge is 2.30. The number of hydrogen-bond acceptors (Lipinski definition) is 3. The molecule has 0 saturated carbocycles. The van der Waals surface area contributed by atoms with Gasteiger partial charge in [-0.15, -0.1) is 0 Å². The van der Waals surface area contributed by atoms with Gasteiger partial charge in [0.15, 0.2) is 5.17 Å². The van der Waals surface area contributed by atoms with Crippen molar-refractivity contribution >= 4 is 28.5 Å². The average Bonchev–Trinajstić information content (AvgIpc) is 2.86. The Hall–Kier alpha value is -2.07. The Labute approximate surface area is 147 Å². The quantitative estimate of drug-likeness (QED) is 0.902. The minimum absolute atomic E-state index is 0.0424. The molecule has 3 nitrogen and oxygen atoms in total. The standard InChI is InChI=1S/C20H22N2OS/c1-12-5-7-16(9-14(12)3)11-18-19(23)22-20(24-18)21-17-8-6-13(2)15(4)10-17/h5-10,18H,11H2,1-4H3,(H,21,22,23)/t18-/m0/s1. The predicted molar refractivity (Wildman–Crippen MR) is 102 cm³/mol. The van der Waals surface area contributed by atoms with E-state index in [4.69, 9.17) is 0 Å². The van der Waals surface area contributed by atoms with Gasteiger partial charge in [0.25, 0.3) is 0 Å². The van der Waals surface area contributed by atoms with Gasteiger partial charge in [0.2, 0.25) is 5.91 Å². The second-order valence-corrected chi connectivity index (χ2v) is 7.60. The van der Waals surface area contributed by atoms with E-state index in [9.17, 15) is 4.79 Å². The van der Waals surface area contributed by atoms with Crippen molar-refractivity contribution in [2.75, 3.05) is 0 Å². The first kappa shape index (κ1) is 16.8. The summed E-state index contributed by atoms with van der Waals surface area (Å²) in [5.41, 5.74) is 7.07. The van der Waals surface area contributed by atoms with Crippen LogP contribution in [-0.4, -0.2) is 16.3 Å². The van der Waals surface area contributed by atoms with Gasteiger partial charge in [-0.2, -0.15) is 0 Å². The Balaban J connectivity index is 1.74. The van der Waals surface area contributed by atoms with Gasteiger partial charge in [0.05, 0.1) is 10.9 Å². The molecule has 1 N–H and O–H groups in total. The van der Waals surface area contributed by atoms with Crippen LogP contribution in [0.5, 0.6) is 0 Å². The van der Waals surface area contributed by atoms with Crippen molar-refractivity contribution in [1.82, 2.24) is 5.32 Å². The predicted octanol–water partition coefficient (Wildman–Crippen LogP) is 4.38. The smallest absolute Gasteiger partial charge is 0.239 e. The number of thioether (sulfide) groups is 1. The highest BCUT2D eigenvalue weighted by molar-refractivity contribution is 8.15. The lowest BCUT2D eigenvalue weighted by Crippen LogP contribution is -2.26. The van der Waals surface area contributed by atoms with Gasteiger partial charge in [0.1, 0.15) is 0 Å². The maximum atomic E-state index is 12.2. The fourth-order valence-electron chi connectivity index (χ4n) is 2.65. The lowest BCUT2D eigenvalue weighted by atomic mass is 10.0. The summed E-state index contributed by atoms with van der Waals surface area (Å²) in [6.45, 7) is 8.36. The summed E-state index contributed by atoms with van der Waals surface area (Å²) in [7, 11) is 0. The Morgan fingerprint density at radius 1 is 0.958 bits per heavy atom. The molecule has 2 aromatic carbocycles. The molecule has 3 rings (SSSR count). The number of amidine groups is 1. The number of aryl methyl sites for hydroxylation is 4. The van der Waals surface area contributed by atoms with Gasteiger partial charge in [0, 0.05) is 0 Å². The molecule has 0 aliphatic carbocycles. The Morgan fingerprint density at radius 3 is 2.29 bits per heavy atom. The van der Waals surface area contributed by atoms with Gasteiger partial charge < -0.3 is 5.32 Å². The molecule has 1 heterocycles. The number of carbonyl (C=O) groups excluding carboxylic acids is 1. The number of nitrogens with zero attached hydrogens (tertiary/aromatic N) is 1. The molecule has 1 amide bonds. The summed E-state index contributed by atoms with van der Waals surface area (Å²) >= 11 is 1.52. The van der Waals surface area contributed by atoms with Crippen LogP contribution >= 0.6 is 11.8 Å². The van der Waals surface area contributed by atoms with E-state index in [2.05, 4.69) is 62.3 Å². The van der Waals surface area contributed by atoms with Crippen LogP contribution in [0.4, 0.5) is 5.69 Å². The van der Waals surface area contributed by atoms with Crippen molar-refractivity contribution in [2.45, 2.75) is 39.4 Å². The first-order valence-corrected chi connectivity index (χ1v) is 9.00. The number of carbonyl (C=O) groups is 1. The lowest BCUT2D eigenvalue weighted by molar-refractivity contribution is -0.118. The zero-order chi connectivity index (χ0) is 17.3. The summed E-state index contributed by atoms with van der Waals surface area (Å²) in [5, 5.41) is 3.49. The van der Waals surface area contributed by atoms with Gasteiger partial charge >= 0.3 is 0 Å². The molecule has 0 spiro atoms. The van der Waals surface area contributed by atoms with Crippen LogP contribution in [0.1, 0.15) is 27.8 Å². The molecule has 0 bridgehead atoms. The van der Waals surface area contributed by atoms with Crippen LogP contribution in [-0.2, 0) is 11.2 Å². The van der Waals surface area contributed by atoms with Crippen LogP contribution in [0.3, 0.4) is 0 Å². The number of hydrogen-bond donors (Lipinski definition) is 1. The largest absolute Gasteiger partial charge is 0.304 e. The lowest BCUT2D eigenvalue weighted by Gasteiger charge is -2.08. The number of aliphatic imine (C=N–C) groups is 1. The Kier molecular flexibility index (Phi) is 4.76. The summed E-state index contributed by atoms with van der Waals surface area (Å²) in [6.07, 6.45) is 0.726. The van der Waals surface area contributed by atoms with Crippen LogP contribution < -0.4 is 5.32 Å². The fraction of sp³-hybridized carbons (Fsp3) is 0.300. The van der Waals surface area contributed by atoms with Crippen molar-refractivity contribution in [3.63, 3.8) is 0 Å². The molecule has 2 aromatic rings. The minimum atomic E-state index is -0.114. The maximum absolute atomic E-state index is 12.2. The first-order chi connectivity index (χ1) is 11.4. The van der Waals surface area contributed by atoms with Crippen LogP contribution in [0.2, 0.25) is 0 Å². The molecule has 24 heavy (non-hydrogen) atoms.